The van der Waals surface area contributed by atoms with Crippen LogP contribution in [0.3, 0.4) is 0 Å². The van der Waals surface area contributed by atoms with E-state index in [2.05, 4.69) is 0 Å². The van der Waals surface area contributed by atoms with E-state index in [1.165, 1.54) is 39.0 Å². The molecule has 0 radical (unpaired) electrons. The average molecular weight is 1190 g/mol. The van der Waals surface area contributed by atoms with Crippen LogP contribution in [0.1, 0.15) is 139 Å². The van der Waals surface area contributed by atoms with Crippen LogP contribution in [0.5, 0.6) is 0 Å². The zero-order chi connectivity index (χ0) is 63.0. The third-order valence-corrected chi connectivity index (χ3v) is 17.0. The van der Waals surface area contributed by atoms with Crippen LogP contribution in [0.25, 0.3) is 0 Å². The highest BCUT2D eigenvalue weighted by atomic mass is 16.7. The van der Waals surface area contributed by atoms with Crippen LogP contribution < -0.4 is 5.73 Å². The fraction of sp³-hybridized carbons (Fsp3) is 0.820. The molecule has 484 valence electrons. The van der Waals surface area contributed by atoms with Crippen molar-refractivity contribution in [3.63, 3.8) is 0 Å². The Bertz CT molecular complexity index is 1960. The highest BCUT2D eigenvalue weighted by Crippen LogP contribution is 2.30. The number of hydrogen-bond acceptors (Lipinski definition) is 22. The van der Waals surface area contributed by atoms with Gasteiger partial charge in [-0.25, -0.2) is 4.79 Å². The molecular formula is C61H109NO21. The Labute approximate surface area is 492 Å². The van der Waals surface area contributed by atoms with E-state index < -0.39 is 183 Å². The van der Waals surface area contributed by atoms with Gasteiger partial charge in [-0.3, -0.25) is 0 Å². The molecule has 0 aromatic carbocycles. The lowest BCUT2D eigenvalue weighted by atomic mass is 9.82. The van der Waals surface area contributed by atoms with Crippen LogP contribution in [-0.4, -0.2) is 228 Å². The van der Waals surface area contributed by atoms with Gasteiger partial charge >= 0.3 is 5.97 Å². The molecule has 27 atom stereocenters. The fourth-order valence-corrected chi connectivity index (χ4v) is 10.5. The van der Waals surface area contributed by atoms with Crippen LogP contribution in [0.2, 0.25) is 0 Å². The molecule has 1 saturated heterocycles. The predicted octanol–water partition coefficient (Wildman–Crippen LogP) is 0.442. The zero-order valence-corrected chi connectivity index (χ0v) is 50.4. The van der Waals surface area contributed by atoms with Gasteiger partial charge in [0.1, 0.15) is 36.6 Å². The van der Waals surface area contributed by atoms with Gasteiger partial charge in [-0.2, -0.15) is 0 Å². The van der Waals surface area contributed by atoms with Crippen LogP contribution in [-0.2, 0) is 19.0 Å². The van der Waals surface area contributed by atoms with E-state index in [0.717, 1.165) is 0 Å². The Morgan fingerprint density at radius 3 is 1.81 bits per heavy atom. The second kappa shape index (κ2) is 38.6. The number of carbonyl (C=O) groups excluding carboxylic acids is 1. The minimum absolute atomic E-state index is 0.0959. The van der Waals surface area contributed by atoms with Crippen molar-refractivity contribution in [2.24, 2.45) is 47.2 Å². The average Bonchev–Trinajstić information content (AvgIpc) is 3.63. The van der Waals surface area contributed by atoms with Gasteiger partial charge in [0.15, 0.2) is 6.29 Å². The Kier molecular flexibility index (Phi) is 35.6. The molecule has 2 aliphatic heterocycles. The molecule has 83 heavy (non-hydrogen) atoms. The lowest BCUT2D eigenvalue weighted by Crippen LogP contribution is -2.60. The third kappa shape index (κ3) is 25.9. The molecule has 0 bridgehead atoms. The Hall–Kier alpha value is -2.63. The van der Waals surface area contributed by atoms with E-state index in [9.17, 15) is 91.6 Å². The van der Waals surface area contributed by atoms with E-state index in [0.29, 0.717) is 50.6 Å². The summed E-state index contributed by atoms with van der Waals surface area (Å²) in [5.74, 6) is -4.84. The van der Waals surface area contributed by atoms with Crippen LogP contribution >= 0.6 is 0 Å². The Morgan fingerprint density at radius 2 is 1.22 bits per heavy atom. The van der Waals surface area contributed by atoms with Crippen molar-refractivity contribution in [1.29, 1.82) is 0 Å². The molecule has 19 N–H and O–H groups in total. The van der Waals surface area contributed by atoms with E-state index in [1.54, 1.807) is 58.9 Å². The molecule has 2 heterocycles. The number of ether oxygens (including phenoxy) is 3. The summed E-state index contributed by atoms with van der Waals surface area (Å²) in [4.78, 5) is 13.4. The first kappa shape index (κ1) is 76.5. The van der Waals surface area contributed by atoms with Crippen molar-refractivity contribution in [2.75, 3.05) is 13.2 Å². The smallest absolute Gasteiger partial charge is 0.333 e. The summed E-state index contributed by atoms with van der Waals surface area (Å²) in [5.41, 5.74) is 6.22. The Morgan fingerprint density at radius 1 is 0.639 bits per heavy atom. The minimum atomic E-state index is -1.88. The van der Waals surface area contributed by atoms with Crippen molar-refractivity contribution in [3.05, 3.63) is 59.8 Å². The van der Waals surface area contributed by atoms with Crippen molar-refractivity contribution in [3.8, 4) is 0 Å². The number of nitrogens with two attached hydrogens (primary N) is 1. The van der Waals surface area contributed by atoms with Gasteiger partial charge in [-0.05, 0) is 89.7 Å². The molecule has 0 aromatic heterocycles. The first-order chi connectivity index (χ1) is 38.9. The van der Waals surface area contributed by atoms with Crippen molar-refractivity contribution in [2.45, 2.75) is 262 Å². The highest BCUT2D eigenvalue weighted by Gasteiger charge is 2.46. The number of aliphatic hydroxyl groups is 17. The molecule has 0 aliphatic carbocycles. The molecule has 1 fully saturated rings. The lowest BCUT2D eigenvalue weighted by molar-refractivity contribution is -0.313. The van der Waals surface area contributed by atoms with Crippen molar-refractivity contribution in [1.82, 2.24) is 0 Å². The van der Waals surface area contributed by atoms with Gasteiger partial charge in [0.2, 0.25) is 0 Å². The zero-order valence-electron chi connectivity index (χ0n) is 50.4. The quantitative estimate of drug-likeness (QED) is 0.116. The SMILES string of the molecule is CC1=CCC[C@H](C)[C@@H](O)[C@@H](C)[C@@H](O)CCC=C[C@H](C)[C@@H](O)C=C[C@H](C)[C@@H](O)C(C)=C[C@H](O[C@@H]2O[C@H](CO)[C@@H](O)[C@H](O)[C@@H]2O)[C@H](O)C[C@@H](O)C[C@H](O)C[C@H](O)[C@H](C)[C@@H](O)[C@@H](C)[C@H](O)C[C@@H](O)C[C@H](O)C=CC[C@@H]([C@H](C)[C@H](O)CCCN)OC1=O. The van der Waals surface area contributed by atoms with E-state index in [1.807, 2.05) is 13.0 Å². The van der Waals surface area contributed by atoms with Crippen LogP contribution in [0.15, 0.2) is 59.8 Å². The monoisotopic (exact) mass is 1190 g/mol. The molecule has 22 nitrogen and oxygen atoms in total. The lowest BCUT2D eigenvalue weighted by Gasteiger charge is -2.41. The van der Waals surface area contributed by atoms with Crippen molar-refractivity contribution < 1.29 is 106 Å². The topological polar surface area (TPSA) is 415 Å². The molecule has 2 rings (SSSR count). The second-order valence-corrected chi connectivity index (χ2v) is 24.2. The summed E-state index contributed by atoms with van der Waals surface area (Å²) in [6.07, 6.45) is -13.2. The third-order valence-electron chi connectivity index (χ3n) is 17.0. The van der Waals surface area contributed by atoms with Gasteiger partial charge in [-0.15, -0.1) is 0 Å². The number of esters is 1. The van der Waals surface area contributed by atoms with E-state index >= 15 is 0 Å². The Balaban J connectivity index is 2.45. The van der Waals surface area contributed by atoms with E-state index in [4.69, 9.17) is 19.9 Å². The predicted molar refractivity (Wildman–Crippen MR) is 310 cm³/mol. The maximum atomic E-state index is 13.4. The molecule has 0 aromatic rings. The van der Waals surface area contributed by atoms with Crippen LogP contribution in [0, 0.1) is 41.4 Å². The number of hydrogen-bond donors (Lipinski definition) is 18. The normalized spacial score (nSPS) is 41.8. The van der Waals surface area contributed by atoms with E-state index in [-0.39, 0.29) is 37.2 Å². The largest absolute Gasteiger partial charge is 0.458 e. The van der Waals surface area contributed by atoms with Gasteiger partial charge in [-0.1, -0.05) is 97.1 Å². The van der Waals surface area contributed by atoms with Crippen LogP contribution in [0.4, 0.5) is 0 Å². The second-order valence-electron chi connectivity index (χ2n) is 24.2. The molecule has 0 saturated carbocycles. The van der Waals surface area contributed by atoms with Gasteiger partial charge in [0, 0.05) is 60.3 Å². The number of carbonyl (C=O) groups is 1. The number of aliphatic hydroxyl groups excluding tert-OH is 17. The summed E-state index contributed by atoms with van der Waals surface area (Å²) in [5, 5.41) is 186. The summed E-state index contributed by atoms with van der Waals surface area (Å²) >= 11 is 0. The number of cyclic esters (lactones) is 1. The molecule has 0 amide bonds. The molecule has 0 spiro atoms. The summed E-state index contributed by atoms with van der Waals surface area (Å²) in [6.45, 7) is 14.5. The maximum Gasteiger partial charge on any atom is 0.333 e. The molecular weight excluding hydrogens is 1080 g/mol. The summed E-state index contributed by atoms with van der Waals surface area (Å²) in [6, 6.07) is 0. The molecule has 22 heteroatoms. The van der Waals surface area contributed by atoms with Gasteiger partial charge in [0.05, 0.1) is 86.0 Å². The maximum absolute atomic E-state index is 13.4. The first-order valence-electron chi connectivity index (χ1n) is 29.9. The molecule has 2 aliphatic rings. The van der Waals surface area contributed by atoms with Gasteiger partial charge < -0.3 is 107 Å². The molecule has 0 unspecified atom stereocenters. The van der Waals surface area contributed by atoms with Gasteiger partial charge in [0.25, 0.3) is 0 Å². The fourth-order valence-electron chi connectivity index (χ4n) is 10.5. The number of allylic oxidation sites excluding steroid dienone is 2. The number of rotatable bonds is 8. The summed E-state index contributed by atoms with van der Waals surface area (Å²) < 4.78 is 17.4. The van der Waals surface area contributed by atoms with Crippen molar-refractivity contribution >= 4 is 5.97 Å². The minimum Gasteiger partial charge on any atom is -0.458 e. The standard InChI is InChI=1S/C61H109NO21/c1-32-15-10-11-19-47(70)38(7)55(75)33(2)16-12-17-35(4)60(80)81-51(37(6)46(69)20-14-24-62)21-13-18-41(64)26-42(65)28-48(71)39(8)56(76)40(9)49(72)29-43(66)27-44(67)30-50(73)52(25-36(5)54(74)34(3)22-23-45(32)68)82-61-59(79)58(78)57(77)53(31-63)83-61/h10,13,15,17-18,22-23,25,32-34,37-59,61,63-79H,11-12,14,16,19-21,24,26-31,62H2,1-9H3/t32-,33-,34-,37+,38-,39-,40-,41+,42-,43-,44-,45-,46+,47-,48+,49-,50+,51-,52-,53+,54+,55+,56-,57+,58-,59-,61+/m0/s1. The first-order valence-corrected chi connectivity index (χ1v) is 29.9. The summed E-state index contributed by atoms with van der Waals surface area (Å²) in [7, 11) is 0. The highest BCUT2D eigenvalue weighted by molar-refractivity contribution is 5.87.